The Balaban J connectivity index is 2.44. The lowest BCUT2D eigenvalue weighted by atomic mass is 10.1. The van der Waals surface area contributed by atoms with Gasteiger partial charge in [-0.1, -0.05) is 12.1 Å². The molecule has 0 saturated heterocycles. The number of rotatable bonds is 3. The third kappa shape index (κ3) is 3.77. The number of halogens is 4. The van der Waals surface area contributed by atoms with Crippen molar-refractivity contribution in [2.45, 2.75) is 19.7 Å². The van der Waals surface area contributed by atoms with Crippen LogP contribution in [0.1, 0.15) is 16.7 Å². The number of aryl methyl sites for hydroxylation is 1. The third-order valence-electron chi connectivity index (χ3n) is 2.84. The third-order valence-corrected chi connectivity index (χ3v) is 3.46. The SMILES string of the molecule is Cc1ccc(Oc2ccc(CO)cc2C(F)(F)F)c(Br)c1. The average molecular weight is 361 g/mol. The van der Waals surface area contributed by atoms with E-state index in [1.165, 1.54) is 12.1 Å². The fourth-order valence-electron chi connectivity index (χ4n) is 1.79. The highest BCUT2D eigenvalue weighted by molar-refractivity contribution is 9.10. The minimum Gasteiger partial charge on any atom is -0.456 e. The lowest BCUT2D eigenvalue weighted by Crippen LogP contribution is -2.08. The highest BCUT2D eigenvalue weighted by Crippen LogP contribution is 2.40. The molecule has 0 unspecified atom stereocenters. The summed E-state index contributed by atoms with van der Waals surface area (Å²) in [5.74, 6) is -0.00731. The normalized spacial score (nSPS) is 11.5. The summed E-state index contributed by atoms with van der Waals surface area (Å²) in [7, 11) is 0. The molecule has 0 aromatic heterocycles. The summed E-state index contributed by atoms with van der Waals surface area (Å²) in [5, 5.41) is 8.97. The molecule has 0 amide bonds. The molecule has 0 aliphatic carbocycles. The van der Waals surface area contributed by atoms with Gasteiger partial charge in [-0.05, 0) is 58.2 Å². The molecule has 1 N–H and O–H groups in total. The average Bonchev–Trinajstić information content (AvgIpc) is 2.41. The first kappa shape index (κ1) is 15.9. The van der Waals surface area contributed by atoms with Crippen molar-refractivity contribution in [1.82, 2.24) is 0 Å². The van der Waals surface area contributed by atoms with E-state index in [-0.39, 0.29) is 11.3 Å². The first-order chi connectivity index (χ1) is 9.81. The Morgan fingerprint density at radius 1 is 1.10 bits per heavy atom. The van der Waals surface area contributed by atoms with Gasteiger partial charge >= 0.3 is 6.18 Å². The van der Waals surface area contributed by atoms with Crippen molar-refractivity contribution in [1.29, 1.82) is 0 Å². The van der Waals surface area contributed by atoms with E-state index < -0.39 is 18.3 Å². The van der Waals surface area contributed by atoms with Gasteiger partial charge in [0, 0.05) is 0 Å². The predicted molar refractivity (Wildman–Crippen MR) is 76.3 cm³/mol. The number of alkyl halides is 3. The zero-order valence-corrected chi connectivity index (χ0v) is 12.6. The van der Waals surface area contributed by atoms with Crippen LogP contribution in [0.3, 0.4) is 0 Å². The highest BCUT2D eigenvalue weighted by atomic mass is 79.9. The van der Waals surface area contributed by atoms with Crippen molar-refractivity contribution in [3.63, 3.8) is 0 Å². The largest absolute Gasteiger partial charge is 0.456 e. The van der Waals surface area contributed by atoms with Crippen molar-refractivity contribution >= 4 is 15.9 Å². The van der Waals surface area contributed by atoms with Crippen LogP contribution in [0, 0.1) is 6.92 Å². The molecule has 2 rings (SSSR count). The first-order valence-corrected chi connectivity index (χ1v) is 6.85. The van der Waals surface area contributed by atoms with Gasteiger partial charge in [-0.25, -0.2) is 0 Å². The quantitative estimate of drug-likeness (QED) is 0.828. The van der Waals surface area contributed by atoms with Crippen LogP contribution in [0.15, 0.2) is 40.9 Å². The molecular weight excluding hydrogens is 349 g/mol. The van der Waals surface area contributed by atoms with Gasteiger partial charge in [0.2, 0.25) is 0 Å². The van der Waals surface area contributed by atoms with E-state index in [0.717, 1.165) is 11.6 Å². The van der Waals surface area contributed by atoms with Crippen LogP contribution in [0.4, 0.5) is 13.2 Å². The molecule has 0 spiro atoms. The van der Waals surface area contributed by atoms with Crippen LogP contribution in [0.5, 0.6) is 11.5 Å². The van der Waals surface area contributed by atoms with Gasteiger partial charge < -0.3 is 9.84 Å². The Kier molecular flexibility index (Phi) is 4.58. The Hall–Kier alpha value is -1.53. The summed E-state index contributed by atoms with van der Waals surface area (Å²) in [6.45, 7) is 1.41. The summed E-state index contributed by atoms with van der Waals surface area (Å²) < 4.78 is 45.1. The molecule has 0 heterocycles. The van der Waals surface area contributed by atoms with Crippen molar-refractivity contribution in [3.8, 4) is 11.5 Å². The predicted octanol–water partition coefficient (Wildman–Crippen LogP) is 5.06. The Morgan fingerprint density at radius 3 is 2.33 bits per heavy atom. The molecule has 0 aliphatic heterocycles. The Labute approximate surface area is 128 Å². The smallest absolute Gasteiger partial charge is 0.419 e. The molecule has 2 aromatic carbocycles. The van der Waals surface area contributed by atoms with E-state index in [1.807, 2.05) is 6.92 Å². The molecule has 21 heavy (non-hydrogen) atoms. The summed E-state index contributed by atoms with van der Waals surface area (Å²) in [6, 6.07) is 8.59. The molecule has 2 aromatic rings. The molecule has 6 heteroatoms. The fourth-order valence-corrected chi connectivity index (χ4v) is 2.37. The van der Waals surface area contributed by atoms with Crippen molar-refractivity contribution in [3.05, 3.63) is 57.6 Å². The minimum absolute atomic E-state index is 0.178. The number of benzene rings is 2. The van der Waals surface area contributed by atoms with Crippen molar-refractivity contribution < 1.29 is 23.0 Å². The van der Waals surface area contributed by atoms with Gasteiger partial charge in [-0.2, -0.15) is 13.2 Å². The lowest BCUT2D eigenvalue weighted by molar-refractivity contribution is -0.138. The first-order valence-electron chi connectivity index (χ1n) is 6.06. The highest BCUT2D eigenvalue weighted by Gasteiger charge is 2.35. The molecule has 112 valence electrons. The summed E-state index contributed by atoms with van der Waals surface area (Å²) >= 11 is 3.26. The molecule has 0 saturated carbocycles. The monoisotopic (exact) mass is 360 g/mol. The van der Waals surface area contributed by atoms with E-state index in [0.29, 0.717) is 10.2 Å². The Bertz CT molecular complexity index is 654. The zero-order chi connectivity index (χ0) is 15.6. The van der Waals surface area contributed by atoms with E-state index in [2.05, 4.69) is 15.9 Å². The van der Waals surface area contributed by atoms with Crippen molar-refractivity contribution in [2.75, 3.05) is 0 Å². The second-order valence-corrected chi connectivity index (χ2v) is 5.38. The maximum atomic E-state index is 13.1. The van der Waals surface area contributed by atoms with Gasteiger partial charge in [0.25, 0.3) is 0 Å². The van der Waals surface area contributed by atoms with Gasteiger partial charge in [-0.3, -0.25) is 0 Å². The summed E-state index contributed by atoms with van der Waals surface area (Å²) in [5.41, 5.74) is 0.222. The summed E-state index contributed by atoms with van der Waals surface area (Å²) in [6.07, 6.45) is -4.56. The van der Waals surface area contributed by atoms with Crippen LogP contribution in [-0.4, -0.2) is 5.11 Å². The second-order valence-electron chi connectivity index (χ2n) is 4.52. The topological polar surface area (TPSA) is 29.5 Å². The molecule has 2 nitrogen and oxygen atoms in total. The number of hydrogen-bond donors (Lipinski definition) is 1. The van der Waals surface area contributed by atoms with Gasteiger partial charge in [0.15, 0.2) is 0 Å². The molecule has 0 bridgehead atoms. The van der Waals surface area contributed by atoms with Crippen LogP contribution in [-0.2, 0) is 12.8 Å². The van der Waals surface area contributed by atoms with Crippen LogP contribution < -0.4 is 4.74 Å². The second kappa shape index (κ2) is 6.07. The van der Waals surface area contributed by atoms with Gasteiger partial charge in [0.1, 0.15) is 11.5 Å². The number of aliphatic hydroxyl groups is 1. The van der Waals surface area contributed by atoms with Gasteiger partial charge in [0.05, 0.1) is 16.6 Å². The maximum absolute atomic E-state index is 13.1. The van der Waals surface area contributed by atoms with Crippen LogP contribution in [0.2, 0.25) is 0 Å². The summed E-state index contributed by atoms with van der Waals surface area (Å²) in [4.78, 5) is 0. The molecule has 0 atom stereocenters. The van der Waals surface area contributed by atoms with Crippen LogP contribution >= 0.6 is 15.9 Å². The molecule has 0 fully saturated rings. The van der Waals surface area contributed by atoms with E-state index in [4.69, 9.17) is 9.84 Å². The Morgan fingerprint density at radius 2 is 1.76 bits per heavy atom. The lowest BCUT2D eigenvalue weighted by Gasteiger charge is -2.15. The number of aliphatic hydroxyl groups excluding tert-OH is 1. The maximum Gasteiger partial charge on any atom is 0.419 e. The van der Waals surface area contributed by atoms with E-state index in [1.54, 1.807) is 18.2 Å². The van der Waals surface area contributed by atoms with Gasteiger partial charge in [-0.15, -0.1) is 0 Å². The molecular formula is C15H12BrF3O2. The minimum atomic E-state index is -4.56. The standard InChI is InChI=1S/C15H12BrF3O2/c1-9-2-4-14(12(16)6-9)21-13-5-3-10(8-20)7-11(13)15(17,18)19/h2-7,20H,8H2,1H3. The number of hydrogen-bond acceptors (Lipinski definition) is 2. The van der Waals surface area contributed by atoms with Crippen LogP contribution in [0.25, 0.3) is 0 Å². The van der Waals surface area contributed by atoms with E-state index in [9.17, 15) is 13.2 Å². The molecule has 0 aliphatic rings. The molecule has 0 radical (unpaired) electrons. The fraction of sp³-hybridized carbons (Fsp3) is 0.200. The zero-order valence-electron chi connectivity index (χ0n) is 11.0. The number of ether oxygens (including phenoxy) is 1. The van der Waals surface area contributed by atoms with Crippen molar-refractivity contribution in [2.24, 2.45) is 0 Å². The van der Waals surface area contributed by atoms with E-state index >= 15 is 0 Å².